The molecule has 4 heteroatoms. The van der Waals surface area contributed by atoms with Gasteiger partial charge in [-0.05, 0) is 12.8 Å². The van der Waals surface area contributed by atoms with Crippen molar-refractivity contribution in [3.8, 4) is 0 Å². The molecule has 2 rings (SSSR count). The van der Waals surface area contributed by atoms with Crippen LogP contribution in [-0.4, -0.2) is 36.3 Å². The van der Waals surface area contributed by atoms with Crippen molar-refractivity contribution in [3.63, 3.8) is 0 Å². The molecule has 0 aromatic heterocycles. The first-order valence-corrected chi connectivity index (χ1v) is 5.88. The maximum Gasteiger partial charge on any atom is 0.317 e. The number of hydrogen-bond donors (Lipinski definition) is 1. The summed E-state index contributed by atoms with van der Waals surface area (Å²) in [7, 11) is 0. The fraction of sp³-hybridized carbons (Fsp3) is 0.385. The van der Waals surface area contributed by atoms with Gasteiger partial charge in [0.2, 0.25) is 0 Å². The van der Waals surface area contributed by atoms with Crippen LogP contribution in [0.15, 0.2) is 30.3 Å². The predicted octanol–water partition coefficient (Wildman–Crippen LogP) is 1.67. The number of carbonyl (C=O) groups is 2. The molecule has 0 unspecified atom stereocenters. The number of nitrogens with one attached hydrogen (secondary N) is 1. The van der Waals surface area contributed by atoms with Crippen molar-refractivity contribution >= 4 is 11.8 Å². The summed E-state index contributed by atoms with van der Waals surface area (Å²) in [6.07, 6.45) is 2.11. The maximum atomic E-state index is 11.7. The van der Waals surface area contributed by atoms with Crippen molar-refractivity contribution in [3.05, 3.63) is 35.9 Å². The SMILES string of the molecule is O=C(CNC(=O)N1CCCC1)c1ccccc1. The molecular formula is C13H16N2O2. The molecule has 2 amide bonds. The number of likely N-dealkylation sites (tertiary alicyclic amines) is 1. The molecule has 90 valence electrons. The second kappa shape index (κ2) is 5.48. The average molecular weight is 232 g/mol. The minimum Gasteiger partial charge on any atom is -0.331 e. The van der Waals surface area contributed by atoms with Crippen molar-refractivity contribution in [1.82, 2.24) is 10.2 Å². The Balaban J connectivity index is 1.82. The lowest BCUT2D eigenvalue weighted by Crippen LogP contribution is -2.40. The van der Waals surface area contributed by atoms with E-state index < -0.39 is 0 Å². The van der Waals surface area contributed by atoms with Gasteiger partial charge in [0.25, 0.3) is 0 Å². The molecule has 0 bridgehead atoms. The topological polar surface area (TPSA) is 49.4 Å². The van der Waals surface area contributed by atoms with Gasteiger partial charge in [-0.15, -0.1) is 0 Å². The highest BCUT2D eigenvalue weighted by Gasteiger charge is 2.18. The molecule has 1 aromatic rings. The molecule has 1 fully saturated rings. The van der Waals surface area contributed by atoms with E-state index in [1.54, 1.807) is 17.0 Å². The largest absolute Gasteiger partial charge is 0.331 e. The normalized spacial score (nSPS) is 14.7. The number of benzene rings is 1. The molecule has 1 aliphatic heterocycles. The first kappa shape index (κ1) is 11.6. The Bertz CT molecular complexity index is 397. The van der Waals surface area contributed by atoms with Crippen LogP contribution in [-0.2, 0) is 0 Å². The molecule has 17 heavy (non-hydrogen) atoms. The number of ketones is 1. The molecule has 0 atom stereocenters. The Kier molecular flexibility index (Phi) is 3.75. The molecular weight excluding hydrogens is 216 g/mol. The number of Topliss-reactive ketones (excluding diaryl/α,β-unsaturated/α-hetero) is 1. The number of amides is 2. The minimum absolute atomic E-state index is 0.0573. The van der Waals surface area contributed by atoms with Gasteiger partial charge in [-0.1, -0.05) is 30.3 Å². The van der Waals surface area contributed by atoms with Gasteiger partial charge in [0.15, 0.2) is 5.78 Å². The number of rotatable bonds is 3. The molecule has 1 aromatic carbocycles. The van der Waals surface area contributed by atoms with E-state index in [1.807, 2.05) is 18.2 Å². The quantitative estimate of drug-likeness (QED) is 0.806. The van der Waals surface area contributed by atoms with Gasteiger partial charge >= 0.3 is 6.03 Å². The van der Waals surface area contributed by atoms with Crippen molar-refractivity contribution in [1.29, 1.82) is 0 Å². The van der Waals surface area contributed by atoms with E-state index in [2.05, 4.69) is 5.32 Å². The summed E-state index contributed by atoms with van der Waals surface area (Å²) in [6, 6.07) is 8.87. The third-order valence-electron chi connectivity index (χ3n) is 2.89. The van der Waals surface area contributed by atoms with Crippen molar-refractivity contribution in [2.75, 3.05) is 19.6 Å². The van der Waals surface area contributed by atoms with Gasteiger partial charge in [-0.25, -0.2) is 4.79 Å². The third-order valence-corrected chi connectivity index (χ3v) is 2.89. The van der Waals surface area contributed by atoms with Gasteiger partial charge in [0.05, 0.1) is 6.54 Å². The summed E-state index contributed by atoms with van der Waals surface area (Å²) in [5, 5.41) is 2.66. The molecule has 1 aliphatic rings. The van der Waals surface area contributed by atoms with Crippen LogP contribution in [0.1, 0.15) is 23.2 Å². The van der Waals surface area contributed by atoms with Gasteiger partial charge in [0, 0.05) is 18.7 Å². The Morgan fingerprint density at radius 1 is 1.12 bits per heavy atom. The zero-order valence-electron chi connectivity index (χ0n) is 9.69. The van der Waals surface area contributed by atoms with Crippen LogP contribution in [0.4, 0.5) is 4.79 Å². The van der Waals surface area contributed by atoms with E-state index in [0.29, 0.717) is 5.56 Å². The molecule has 0 spiro atoms. The van der Waals surface area contributed by atoms with Gasteiger partial charge in [0.1, 0.15) is 0 Å². The van der Waals surface area contributed by atoms with Gasteiger partial charge < -0.3 is 10.2 Å². The van der Waals surface area contributed by atoms with Crippen molar-refractivity contribution in [2.24, 2.45) is 0 Å². The highest BCUT2D eigenvalue weighted by molar-refractivity contribution is 5.99. The van der Waals surface area contributed by atoms with Crippen LogP contribution in [0, 0.1) is 0 Å². The maximum absolute atomic E-state index is 11.7. The summed E-state index contributed by atoms with van der Waals surface area (Å²) >= 11 is 0. The van der Waals surface area contributed by atoms with E-state index in [9.17, 15) is 9.59 Å². The monoisotopic (exact) mass is 232 g/mol. The third kappa shape index (κ3) is 3.06. The smallest absolute Gasteiger partial charge is 0.317 e. The van der Waals surface area contributed by atoms with Gasteiger partial charge in [-0.3, -0.25) is 4.79 Å². The fourth-order valence-electron chi connectivity index (χ4n) is 1.91. The van der Waals surface area contributed by atoms with Crippen LogP contribution in [0.5, 0.6) is 0 Å². The second-order valence-electron chi connectivity index (χ2n) is 4.14. The molecule has 0 saturated carbocycles. The lowest BCUT2D eigenvalue weighted by atomic mass is 10.1. The lowest BCUT2D eigenvalue weighted by molar-refractivity contribution is 0.0989. The minimum atomic E-state index is -0.133. The first-order valence-electron chi connectivity index (χ1n) is 5.88. The van der Waals surface area contributed by atoms with Crippen LogP contribution < -0.4 is 5.32 Å². The summed E-state index contributed by atoms with van der Waals surface area (Å²) in [5.41, 5.74) is 0.634. The summed E-state index contributed by atoms with van der Waals surface area (Å²) in [4.78, 5) is 25.1. The second-order valence-corrected chi connectivity index (χ2v) is 4.14. The zero-order chi connectivity index (χ0) is 12.1. The molecule has 0 radical (unpaired) electrons. The lowest BCUT2D eigenvalue weighted by Gasteiger charge is -2.15. The van der Waals surface area contributed by atoms with E-state index in [0.717, 1.165) is 25.9 Å². The van der Waals surface area contributed by atoms with Crippen molar-refractivity contribution in [2.45, 2.75) is 12.8 Å². The van der Waals surface area contributed by atoms with E-state index >= 15 is 0 Å². The first-order chi connectivity index (χ1) is 8.27. The summed E-state index contributed by atoms with van der Waals surface area (Å²) in [6.45, 7) is 1.66. The Morgan fingerprint density at radius 3 is 2.41 bits per heavy atom. The number of hydrogen-bond acceptors (Lipinski definition) is 2. The van der Waals surface area contributed by atoms with Crippen LogP contribution in [0.25, 0.3) is 0 Å². The highest BCUT2D eigenvalue weighted by Crippen LogP contribution is 2.07. The standard InChI is InChI=1S/C13H16N2O2/c16-12(11-6-2-1-3-7-11)10-14-13(17)15-8-4-5-9-15/h1-3,6-7H,4-5,8-10H2,(H,14,17). The summed E-state index contributed by atoms with van der Waals surface area (Å²) in [5.74, 6) is -0.0573. The van der Waals surface area contributed by atoms with Crippen molar-refractivity contribution < 1.29 is 9.59 Å². The van der Waals surface area contributed by atoms with Crippen LogP contribution in [0.2, 0.25) is 0 Å². The molecule has 4 nitrogen and oxygen atoms in total. The predicted molar refractivity (Wildman–Crippen MR) is 65.0 cm³/mol. The van der Waals surface area contributed by atoms with E-state index in [4.69, 9.17) is 0 Å². The Labute approximate surface area is 101 Å². The molecule has 0 aliphatic carbocycles. The van der Waals surface area contributed by atoms with Gasteiger partial charge in [-0.2, -0.15) is 0 Å². The fourth-order valence-corrected chi connectivity index (χ4v) is 1.91. The van der Waals surface area contributed by atoms with E-state index in [1.165, 1.54) is 0 Å². The molecule has 1 saturated heterocycles. The van der Waals surface area contributed by atoms with Crippen LogP contribution in [0.3, 0.4) is 0 Å². The zero-order valence-corrected chi connectivity index (χ0v) is 9.69. The Hall–Kier alpha value is -1.84. The Morgan fingerprint density at radius 2 is 1.76 bits per heavy atom. The molecule has 1 N–H and O–H groups in total. The number of nitrogens with zero attached hydrogens (tertiary/aromatic N) is 1. The number of urea groups is 1. The number of carbonyl (C=O) groups excluding carboxylic acids is 2. The average Bonchev–Trinajstić information content (AvgIpc) is 2.90. The highest BCUT2D eigenvalue weighted by atomic mass is 16.2. The van der Waals surface area contributed by atoms with Crippen LogP contribution >= 0.6 is 0 Å². The molecule has 1 heterocycles. The van der Waals surface area contributed by atoms with E-state index in [-0.39, 0.29) is 18.4 Å². The summed E-state index contributed by atoms with van der Waals surface area (Å²) < 4.78 is 0.